The van der Waals surface area contributed by atoms with E-state index in [0.717, 1.165) is 16.7 Å². The largest absolute Gasteiger partial charge is 0.394 e. The molecule has 0 radical (unpaired) electrons. The number of morpholine rings is 1. The van der Waals surface area contributed by atoms with Crippen molar-refractivity contribution in [3.63, 3.8) is 0 Å². The van der Waals surface area contributed by atoms with E-state index in [0.29, 0.717) is 72.3 Å². The molecule has 2 aromatic carbocycles. The number of halogens is 4. The number of anilines is 5. The van der Waals surface area contributed by atoms with Crippen LogP contribution in [0.1, 0.15) is 34.3 Å². The number of nitrogens with two attached hydrogens (primary N) is 1. The van der Waals surface area contributed by atoms with Crippen LogP contribution in [0.15, 0.2) is 36.7 Å². The van der Waals surface area contributed by atoms with Gasteiger partial charge in [-0.2, -0.15) is 4.98 Å². The van der Waals surface area contributed by atoms with Crippen molar-refractivity contribution in [2.24, 2.45) is 0 Å². The molecule has 5 N–H and O–H groups in total. The van der Waals surface area contributed by atoms with Gasteiger partial charge < -0.3 is 25.8 Å². The summed E-state index contributed by atoms with van der Waals surface area (Å²) in [6.07, 6.45) is 5.61. The van der Waals surface area contributed by atoms with Crippen LogP contribution in [0.5, 0.6) is 0 Å². The van der Waals surface area contributed by atoms with Crippen LogP contribution in [0.25, 0.3) is 11.3 Å². The molecule has 58 heavy (non-hydrogen) atoms. The van der Waals surface area contributed by atoms with Crippen LogP contribution in [-0.2, 0) is 42.2 Å². The smallest absolute Gasteiger partial charge is 0.277 e. The summed E-state index contributed by atoms with van der Waals surface area (Å²) in [5.74, 6) is -3.81. The number of nitrogen functional groups attached to an aromatic ring is 1. The molecule has 2 aromatic heterocycles. The topological polar surface area (TPSA) is 228 Å². The van der Waals surface area contributed by atoms with E-state index < -0.39 is 63.7 Å². The average molecular weight is 943 g/mol. The molecule has 2 saturated heterocycles. The molecule has 0 atom stereocenters. The van der Waals surface area contributed by atoms with Crippen molar-refractivity contribution in [3.05, 3.63) is 74.4 Å². The normalized spacial score (nSPS) is 15.5. The first kappa shape index (κ1) is 42.7. The molecule has 7 rings (SSSR count). The molecule has 2 amide bonds. The van der Waals surface area contributed by atoms with Gasteiger partial charge in [-0.25, -0.2) is 47.1 Å². The van der Waals surface area contributed by atoms with Crippen molar-refractivity contribution in [2.75, 3.05) is 79.2 Å². The number of hydrogen-bond donors (Lipinski definition) is 4. The summed E-state index contributed by atoms with van der Waals surface area (Å²) in [5.41, 5.74) is 8.15. The Hall–Kier alpha value is -4.95. The number of carbonyl (C=O) groups is 2. The molecule has 5 heterocycles. The van der Waals surface area contributed by atoms with Gasteiger partial charge >= 0.3 is 0 Å². The van der Waals surface area contributed by atoms with E-state index in [2.05, 4.69) is 20.3 Å². The zero-order valence-electron chi connectivity index (χ0n) is 30.9. The molecule has 0 spiro atoms. The minimum Gasteiger partial charge on any atom is -0.394 e. The number of aromatic nitrogens is 4. The molecule has 3 aliphatic heterocycles. The maximum Gasteiger partial charge on any atom is 0.277 e. The molecule has 0 bridgehead atoms. The molecular weight excluding hydrogens is 904 g/mol. The highest BCUT2D eigenvalue weighted by Crippen LogP contribution is 2.37. The fraction of sp³-hybridized carbons (Fsp3) is 0.371. The molecule has 0 saturated carbocycles. The number of nitrogens with one attached hydrogen (secondary N) is 2. The number of fused-ring (bicyclic) bond motifs is 1. The molecule has 310 valence electrons. The second-order valence-corrected chi connectivity index (χ2v) is 16.0. The van der Waals surface area contributed by atoms with Crippen LogP contribution in [0.3, 0.4) is 0 Å². The highest BCUT2D eigenvalue weighted by Gasteiger charge is 2.33. The lowest BCUT2D eigenvalue weighted by Gasteiger charge is -2.28. The lowest BCUT2D eigenvalue weighted by Crippen LogP contribution is -2.38. The first-order valence-electron chi connectivity index (χ1n) is 17.7. The SMILES string of the molecule is CS(=O)(=O)N1CCc2c(-c3cnc(N)nc3)nc(N3CCOCC3)nc21.O=C(NOCCO)c1cc(CN2OCCCC2=O)c(F)c(F)c1Nc1ccc(I)cc1F. The Morgan fingerprint density at radius 2 is 1.79 bits per heavy atom. The van der Waals surface area contributed by atoms with Crippen molar-refractivity contribution in [1.82, 2.24) is 30.5 Å². The van der Waals surface area contributed by atoms with Gasteiger partial charge in [0, 0.05) is 58.7 Å². The minimum atomic E-state index is -3.42. The van der Waals surface area contributed by atoms with Crippen molar-refractivity contribution in [3.8, 4) is 11.3 Å². The number of sulfonamides is 1. The van der Waals surface area contributed by atoms with Crippen LogP contribution >= 0.6 is 22.6 Å². The van der Waals surface area contributed by atoms with Crippen molar-refractivity contribution >= 4 is 73.5 Å². The molecule has 2 fully saturated rings. The Kier molecular flexibility index (Phi) is 13.8. The standard InChI is InChI=1S/C20H19F3IN3O5.C15H19N7O3S/c21-14-9-12(24)3-4-15(14)25-19-13(20(30)26-31-7-5-28)8-11(17(22)18(19)23)10-27-16(29)2-1-6-32-27;1-26(23,24)22-3-2-11-12(10-8-17-14(16)18-9-10)19-15(20-13(11)22)21-4-6-25-7-5-21/h3-4,8-9,25,28H,1-2,5-7,10H2,(H,26,30);8-9H,2-7H2,1H3,(H2,16,17,18). The fourth-order valence-corrected chi connectivity index (χ4v) is 7.41. The maximum absolute atomic E-state index is 15.1. The van der Waals surface area contributed by atoms with Gasteiger partial charge in [0.25, 0.3) is 5.91 Å². The van der Waals surface area contributed by atoms with Crippen molar-refractivity contribution < 1.29 is 50.7 Å². The third kappa shape index (κ3) is 10.0. The molecular formula is C35H38F3IN10O8S. The summed E-state index contributed by atoms with van der Waals surface area (Å²) in [5, 5.41) is 12.1. The Bertz CT molecular complexity index is 2270. The summed E-state index contributed by atoms with van der Waals surface area (Å²) in [4.78, 5) is 53.8. The monoisotopic (exact) mass is 942 g/mol. The number of nitrogens with zero attached hydrogens (tertiary/aromatic N) is 7. The van der Waals surface area contributed by atoms with Gasteiger partial charge in [-0.05, 0) is 59.7 Å². The number of aliphatic hydroxyl groups excluding tert-OH is 1. The zero-order valence-corrected chi connectivity index (χ0v) is 33.9. The lowest BCUT2D eigenvalue weighted by atomic mass is 10.0. The fourth-order valence-electron chi connectivity index (χ4n) is 6.06. The predicted molar refractivity (Wildman–Crippen MR) is 211 cm³/mol. The van der Waals surface area contributed by atoms with Crippen molar-refractivity contribution in [1.29, 1.82) is 0 Å². The van der Waals surface area contributed by atoms with Gasteiger partial charge in [0.1, 0.15) is 5.82 Å². The third-order valence-electron chi connectivity index (χ3n) is 8.86. The quantitative estimate of drug-likeness (QED) is 0.0964. The van der Waals surface area contributed by atoms with E-state index in [4.69, 9.17) is 30.2 Å². The van der Waals surface area contributed by atoms with Crippen LogP contribution in [-0.4, -0.2) is 109 Å². The average Bonchev–Trinajstić information content (AvgIpc) is 3.65. The Labute approximate surface area is 344 Å². The number of rotatable bonds is 11. The van der Waals surface area contributed by atoms with Gasteiger partial charge in [-0.3, -0.25) is 23.6 Å². The van der Waals surface area contributed by atoms with E-state index in [1.807, 2.05) is 33.0 Å². The Morgan fingerprint density at radius 3 is 2.47 bits per heavy atom. The molecule has 0 unspecified atom stereocenters. The van der Waals surface area contributed by atoms with Crippen molar-refractivity contribution in [2.45, 2.75) is 25.8 Å². The van der Waals surface area contributed by atoms with Gasteiger partial charge in [-0.15, -0.1) is 0 Å². The van der Waals surface area contributed by atoms with Crippen LogP contribution in [0.4, 0.5) is 42.3 Å². The lowest BCUT2D eigenvalue weighted by molar-refractivity contribution is -0.202. The second-order valence-electron chi connectivity index (χ2n) is 12.9. The molecule has 0 aliphatic carbocycles. The summed E-state index contributed by atoms with van der Waals surface area (Å²) in [7, 11) is -3.42. The highest BCUT2D eigenvalue weighted by molar-refractivity contribution is 14.1. The summed E-state index contributed by atoms with van der Waals surface area (Å²) < 4.78 is 75.8. The summed E-state index contributed by atoms with van der Waals surface area (Å²) in [6.45, 7) is 1.97. The molecule has 23 heteroatoms. The number of amides is 2. The number of hydrogen-bond acceptors (Lipinski definition) is 15. The van der Waals surface area contributed by atoms with E-state index in [-0.39, 0.29) is 36.8 Å². The summed E-state index contributed by atoms with van der Waals surface area (Å²) in [6, 6.07) is 5.05. The van der Waals surface area contributed by atoms with Crippen LogP contribution < -0.4 is 25.7 Å². The Morgan fingerprint density at radius 1 is 1.05 bits per heavy atom. The van der Waals surface area contributed by atoms with Gasteiger partial charge in [0.15, 0.2) is 17.5 Å². The third-order valence-corrected chi connectivity index (χ3v) is 10.7. The van der Waals surface area contributed by atoms with Crippen LogP contribution in [0.2, 0.25) is 0 Å². The number of ether oxygens (including phenoxy) is 1. The predicted octanol–water partition coefficient (Wildman–Crippen LogP) is 2.83. The Balaban J connectivity index is 0.000000199. The molecule has 4 aromatic rings. The second kappa shape index (κ2) is 18.8. The number of hydroxylamine groups is 3. The first-order valence-corrected chi connectivity index (χ1v) is 20.7. The maximum atomic E-state index is 15.1. The van der Waals surface area contributed by atoms with E-state index in [1.54, 1.807) is 12.4 Å². The van der Waals surface area contributed by atoms with Gasteiger partial charge in [0.2, 0.25) is 27.8 Å². The minimum absolute atomic E-state index is 0.172. The number of benzene rings is 2. The molecule has 18 nitrogen and oxygen atoms in total. The van der Waals surface area contributed by atoms with E-state index in [1.165, 1.54) is 28.8 Å². The van der Waals surface area contributed by atoms with E-state index in [9.17, 15) is 26.8 Å². The van der Waals surface area contributed by atoms with Crippen LogP contribution in [0, 0.1) is 21.0 Å². The highest BCUT2D eigenvalue weighted by atomic mass is 127. The van der Waals surface area contributed by atoms with Gasteiger partial charge in [-0.1, -0.05) is 0 Å². The van der Waals surface area contributed by atoms with E-state index >= 15 is 4.39 Å². The zero-order chi connectivity index (χ0) is 41.6. The summed E-state index contributed by atoms with van der Waals surface area (Å²) >= 11 is 1.89. The molecule has 3 aliphatic rings. The number of aliphatic hydroxyl groups is 1. The van der Waals surface area contributed by atoms with Gasteiger partial charge in [0.05, 0.1) is 68.5 Å². The number of carbonyl (C=O) groups excluding carboxylic acids is 2. The first-order chi connectivity index (χ1) is 27.7.